The van der Waals surface area contributed by atoms with Crippen molar-refractivity contribution in [1.82, 2.24) is 19.5 Å². The van der Waals surface area contributed by atoms with Gasteiger partial charge in [0.05, 0.1) is 23.6 Å². The predicted octanol–water partition coefficient (Wildman–Crippen LogP) is 0.967. The molecule has 20 heavy (non-hydrogen) atoms. The second-order valence-electron chi connectivity index (χ2n) is 4.58. The summed E-state index contributed by atoms with van der Waals surface area (Å²) in [6.07, 6.45) is 3.19. The molecular weight excluding hydrogens is 256 g/mol. The van der Waals surface area contributed by atoms with E-state index < -0.39 is 0 Å². The van der Waals surface area contributed by atoms with E-state index in [9.17, 15) is 4.79 Å². The van der Waals surface area contributed by atoms with E-state index in [0.717, 1.165) is 11.4 Å². The number of fused-ring (bicyclic) bond motifs is 1. The van der Waals surface area contributed by atoms with Crippen LogP contribution in [0.15, 0.2) is 24.9 Å². The van der Waals surface area contributed by atoms with Crippen LogP contribution < -0.4 is 0 Å². The average molecular weight is 274 g/mol. The molecule has 2 aromatic rings. The fourth-order valence-electron chi connectivity index (χ4n) is 2.10. The van der Waals surface area contributed by atoms with Gasteiger partial charge in [-0.15, -0.1) is 6.58 Å². The van der Waals surface area contributed by atoms with Crippen LogP contribution in [-0.4, -0.2) is 50.2 Å². The molecule has 106 valence electrons. The first-order valence-electron chi connectivity index (χ1n) is 6.41. The van der Waals surface area contributed by atoms with Crippen LogP contribution in [0, 0.1) is 13.8 Å². The first kappa shape index (κ1) is 14.2. The number of hydrogen-bond acceptors (Lipinski definition) is 4. The van der Waals surface area contributed by atoms with Crippen LogP contribution in [0.2, 0.25) is 0 Å². The molecule has 0 aliphatic heterocycles. The third-order valence-corrected chi connectivity index (χ3v) is 3.08. The van der Waals surface area contributed by atoms with Gasteiger partial charge in [-0.3, -0.25) is 4.79 Å². The van der Waals surface area contributed by atoms with Gasteiger partial charge in [0.1, 0.15) is 0 Å². The third kappa shape index (κ3) is 2.55. The Kier molecular flexibility index (Phi) is 4.14. The van der Waals surface area contributed by atoms with Crippen LogP contribution in [0.3, 0.4) is 0 Å². The molecule has 1 amide bonds. The quantitative estimate of drug-likeness (QED) is 0.825. The Bertz CT molecular complexity index is 648. The van der Waals surface area contributed by atoms with Crippen molar-refractivity contribution in [3.63, 3.8) is 0 Å². The summed E-state index contributed by atoms with van der Waals surface area (Å²) in [6.45, 7) is 7.90. The van der Waals surface area contributed by atoms with Gasteiger partial charge in [0, 0.05) is 25.4 Å². The molecule has 0 aromatic carbocycles. The Morgan fingerprint density at radius 2 is 2.30 bits per heavy atom. The highest BCUT2D eigenvalue weighted by molar-refractivity contribution is 5.95. The van der Waals surface area contributed by atoms with Crippen LogP contribution in [0.25, 0.3) is 5.65 Å². The lowest BCUT2D eigenvalue weighted by molar-refractivity contribution is 0.0741. The molecule has 0 spiro atoms. The first-order chi connectivity index (χ1) is 9.58. The highest BCUT2D eigenvalue weighted by Gasteiger charge is 2.19. The summed E-state index contributed by atoms with van der Waals surface area (Å²) in [4.78, 5) is 18.3. The Balaban J connectivity index is 2.42. The lowest BCUT2D eigenvalue weighted by atomic mass is 10.2. The largest absolute Gasteiger partial charge is 0.395 e. The topological polar surface area (TPSA) is 70.7 Å². The van der Waals surface area contributed by atoms with Gasteiger partial charge >= 0.3 is 0 Å². The number of aromatic nitrogens is 3. The maximum Gasteiger partial charge on any atom is 0.257 e. The molecule has 0 unspecified atom stereocenters. The second-order valence-corrected chi connectivity index (χ2v) is 4.58. The highest BCUT2D eigenvalue weighted by atomic mass is 16.3. The van der Waals surface area contributed by atoms with Gasteiger partial charge in [-0.25, -0.2) is 9.50 Å². The molecule has 0 bridgehead atoms. The maximum atomic E-state index is 12.5. The van der Waals surface area contributed by atoms with Gasteiger partial charge in [0.2, 0.25) is 0 Å². The van der Waals surface area contributed by atoms with Gasteiger partial charge in [-0.1, -0.05) is 6.08 Å². The van der Waals surface area contributed by atoms with Crippen molar-refractivity contribution in [2.24, 2.45) is 0 Å². The minimum atomic E-state index is -0.181. The van der Waals surface area contributed by atoms with Crippen molar-refractivity contribution in [2.45, 2.75) is 13.8 Å². The van der Waals surface area contributed by atoms with E-state index in [1.807, 2.05) is 19.9 Å². The Morgan fingerprint density at radius 1 is 1.55 bits per heavy atom. The SMILES string of the molecule is C=CCN(CCO)C(=O)c1cnc2cc(C)nn2c1C. The summed E-state index contributed by atoms with van der Waals surface area (Å²) in [7, 11) is 0. The van der Waals surface area contributed by atoms with Crippen molar-refractivity contribution < 1.29 is 9.90 Å². The zero-order valence-corrected chi connectivity index (χ0v) is 11.7. The summed E-state index contributed by atoms with van der Waals surface area (Å²) in [6, 6.07) is 1.86. The number of nitrogens with zero attached hydrogens (tertiary/aromatic N) is 4. The van der Waals surface area contributed by atoms with E-state index in [1.165, 1.54) is 4.90 Å². The van der Waals surface area contributed by atoms with Gasteiger partial charge in [0.25, 0.3) is 5.91 Å². The average Bonchev–Trinajstić information content (AvgIpc) is 2.80. The van der Waals surface area contributed by atoms with Crippen LogP contribution >= 0.6 is 0 Å². The molecule has 0 saturated heterocycles. The molecule has 6 nitrogen and oxygen atoms in total. The summed E-state index contributed by atoms with van der Waals surface area (Å²) in [5, 5.41) is 13.4. The van der Waals surface area contributed by atoms with Crippen molar-refractivity contribution in [2.75, 3.05) is 19.7 Å². The van der Waals surface area contributed by atoms with Crippen molar-refractivity contribution in [3.8, 4) is 0 Å². The molecule has 1 N–H and O–H groups in total. The molecule has 0 saturated carbocycles. The molecule has 0 fully saturated rings. The Morgan fingerprint density at radius 3 is 2.95 bits per heavy atom. The molecule has 0 aliphatic carbocycles. The van der Waals surface area contributed by atoms with E-state index in [1.54, 1.807) is 16.8 Å². The fourth-order valence-corrected chi connectivity index (χ4v) is 2.10. The number of carbonyl (C=O) groups excluding carboxylic acids is 1. The molecule has 0 atom stereocenters. The van der Waals surface area contributed by atoms with E-state index in [4.69, 9.17) is 5.11 Å². The molecular formula is C14H18N4O2. The third-order valence-electron chi connectivity index (χ3n) is 3.08. The lowest BCUT2D eigenvalue weighted by Gasteiger charge is -2.20. The smallest absolute Gasteiger partial charge is 0.257 e. The Labute approximate surface area is 117 Å². The van der Waals surface area contributed by atoms with E-state index >= 15 is 0 Å². The first-order valence-corrected chi connectivity index (χ1v) is 6.41. The van der Waals surface area contributed by atoms with Crippen molar-refractivity contribution in [3.05, 3.63) is 41.9 Å². The predicted molar refractivity (Wildman–Crippen MR) is 75.6 cm³/mol. The summed E-state index contributed by atoms with van der Waals surface area (Å²) in [5.74, 6) is -0.181. The van der Waals surface area contributed by atoms with E-state index in [2.05, 4.69) is 16.7 Å². The molecule has 0 radical (unpaired) electrons. The molecule has 2 aromatic heterocycles. The standard InChI is InChI=1S/C14H18N4O2/c1-4-5-17(6-7-19)14(20)12-9-15-13-8-10(2)16-18(13)11(12)3/h4,8-9,19H,1,5-7H2,2-3H3. The van der Waals surface area contributed by atoms with Crippen LogP contribution in [0.1, 0.15) is 21.7 Å². The molecule has 2 rings (SSSR count). The van der Waals surface area contributed by atoms with E-state index in [-0.39, 0.29) is 19.1 Å². The number of hydrogen-bond donors (Lipinski definition) is 1. The highest BCUT2D eigenvalue weighted by Crippen LogP contribution is 2.13. The Hall–Kier alpha value is -2.21. The number of aryl methyl sites for hydroxylation is 2. The monoisotopic (exact) mass is 274 g/mol. The van der Waals surface area contributed by atoms with Gasteiger partial charge in [0.15, 0.2) is 5.65 Å². The fraction of sp³-hybridized carbons (Fsp3) is 0.357. The van der Waals surface area contributed by atoms with E-state index in [0.29, 0.717) is 17.8 Å². The zero-order valence-electron chi connectivity index (χ0n) is 11.7. The van der Waals surface area contributed by atoms with Gasteiger partial charge in [-0.05, 0) is 13.8 Å². The summed E-state index contributed by atoms with van der Waals surface area (Å²) >= 11 is 0. The van der Waals surface area contributed by atoms with Crippen molar-refractivity contribution >= 4 is 11.6 Å². The van der Waals surface area contributed by atoms with Crippen LogP contribution in [0.5, 0.6) is 0 Å². The zero-order chi connectivity index (χ0) is 14.7. The van der Waals surface area contributed by atoms with Crippen LogP contribution in [0.4, 0.5) is 0 Å². The molecule has 2 heterocycles. The number of aliphatic hydroxyl groups is 1. The summed E-state index contributed by atoms with van der Waals surface area (Å²) in [5.41, 5.74) is 2.79. The normalized spacial score (nSPS) is 10.8. The second kappa shape index (κ2) is 5.83. The van der Waals surface area contributed by atoms with Gasteiger partial charge in [-0.2, -0.15) is 5.10 Å². The number of amides is 1. The number of rotatable bonds is 5. The van der Waals surface area contributed by atoms with Crippen LogP contribution in [-0.2, 0) is 0 Å². The summed E-state index contributed by atoms with van der Waals surface area (Å²) < 4.78 is 1.66. The number of aliphatic hydroxyl groups excluding tert-OH is 1. The lowest BCUT2D eigenvalue weighted by Crippen LogP contribution is -2.34. The van der Waals surface area contributed by atoms with Crippen molar-refractivity contribution in [1.29, 1.82) is 0 Å². The molecule has 0 aliphatic rings. The molecule has 6 heteroatoms. The minimum Gasteiger partial charge on any atom is -0.395 e. The number of carbonyl (C=O) groups is 1. The maximum absolute atomic E-state index is 12.5. The minimum absolute atomic E-state index is 0.0881. The van der Waals surface area contributed by atoms with Gasteiger partial charge < -0.3 is 10.0 Å².